The molecule has 3 heterocycles. The summed E-state index contributed by atoms with van der Waals surface area (Å²) in [6.07, 6.45) is 7.42. The highest BCUT2D eigenvalue weighted by Crippen LogP contribution is 2.44. The van der Waals surface area contributed by atoms with E-state index >= 15 is 0 Å². The van der Waals surface area contributed by atoms with Gasteiger partial charge in [-0.1, -0.05) is 13.0 Å². The molecule has 1 spiro atoms. The first-order chi connectivity index (χ1) is 13.0. The Morgan fingerprint density at radius 3 is 2.56 bits per heavy atom. The highest BCUT2D eigenvalue weighted by atomic mass is 16.4. The van der Waals surface area contributed by atoms with Crippen molar-refractivity contribution in [3.8, 4) is 0 Å². The minimum Gasteiger partial charge on any atom is -0.480 e. The van der Waals surface area contributed by atoms with Crippen LogP contribution >= 0.6 is 0 Å². The SMILES string of the molecule is CCc1ccc(CN2CC3(CCN(C(=O)C4CC4)CC3)C[C@@H]2C(=O)O)nc1. The maximum absolute atomic E-state index is 12.3. The van der Waals surface area contributed by atoms with Gasteiger partial charge in [-0.3, -0.25) is 19.5 Å². The van der Waals surface area contributed by atoms with Crippen molar-refractivity contribution in [1.82, 2.24) is 14.8 Å². The van der Waals surface area contributed by atoms with Crippen molar-refractivity contribution >= 4 is 11.9 Å². The Bertz CT molecular complexity index is 706. The number of nitrogens with zero attached hydrogens (tertiary/aromatic N) is 3. The summed E-state index contributed by atoms with van der Waals surface area (Å²) in [5, 5.41) is 9.75. The fraction of sp³-hybridized carbons (Fsp3) is 0.667. The molecule has 3 aliphatic rings. The Morgan fingerprint density at radius 1 is 1.26 bits per heavy atom. The number of pyridine rings is 1. The van der Waals surface area contributed by atoms with Crippen molar-refractivity contribution in [2.75, 3.05) is 19.6 Å². The molecule has 0 bridgehead atoms. The van der Waals surface area contributed by atoms with E-state index in [0.29, 0.717) is 18.9 Å². The molecule has 27 heavy (non-hydrogen) atoms. The Hall–Kier alpha value is -1.95. The number of aliphatic carboxylic acids is 1. The second-order valence-electron chi connectivity index (χ2n) is 8.57. The molecule has 1 aliphatic carbocycles. The largest absolute Gasteiger partial charge is 0.480 e. The minimum atomic E-state index is -0.742. The lowest BCUT2D eigenvalue weighted by atomic mass is 9.76. The molecular formula is C21H29N3O3. The number of aryl methyl sites for hydroxylation is 1. The highest BCUT2D eigenvalue weighted by molar-refractivity contribution is 5.81. The van der Waals surface area contributed by atoms with Crippen LogP contribution in [0.1, 0.15) is 50.3 Å². The van der Waals surface area contributed by atoms with E-state index in [2.05, 4.69) is 22.9 Å². The second-order valence-corrected chi connectivity index (χ2v) is 8.57. The molecule has 0 aromatic carbocycles. The fourth-order valence-electron chi connectivity index (χ4n) is 4.67. The molecule has 2 saturated heterocycles. The fourth-order valence-corrected chi connectivity index (χ4v) is 4.67. The number of piperidine rings is 1. The minimum absolute atomic E-state index is 0.0206. The lowest BCUT2D eigenvalue weighted by molar-refractivity contribution is -0.142. The summed E-state index contributed by atoms with van der Waals surface area (Å²) in [5.41, 5.74) is 2.14. The maximum atomic E-state index is 12.3. The van der Waals surface area contributed by atoms with Crippen molar-refractivity contribution in [1.29, 1.82) is 0 Å². The van der Waals surface area contributed by atoms with Crippen molar-refractivity contribution < 1.29 is 14.7 Å². The predicted octanol–water partition coefficient (Wildman–Crippen LogP) is 2.32. The van der Waals surface area contributed by atoms with Crippen molar-refractivity contribution in [2.24, 2.45) is 11.3 Å². The number of amides is 1. The van der Waals surface area contributed by atoms with E-state index in [1.54, 1.807) is 0 Å². The van der Waals surface area contributed by atoms with E-state index in [1.165, 1.54) is 5.56 Å². The van der Waals surface area contributed by atoms with Crippen LogP contribution in [0, 0.1) is 11.3 Å². The predicted molar refractivity (Wildman–Crippen MR) is 101 cm³/mol. The van der Waals surface area contributed by atoms with E-state index in [4.69, 9.17) is 0 Å². The van der Waals surface area contributed by atoms with Gasteiger partial charge < -0.3 is 10.0 Å². The second kappa shape index (κ2) is 7.23. The lowest BCUT2D eigenvalue weighted by Crippen LogP contribution is -2.44. The molecule has 6 nitrogen and oxygen atoms in total. The summed E-state index contributed by atoms with van der Waals surface area (Å²) in [7, 11) is 0. The number of carbonyl (C=O) groups excluding carboxylic acids is 1. The first-order valence-corrected chi connectivity index (χ1v) is 10.2. The topological polar surface area (TPSA) is 73.7 Å². The number of carboxylic acids is 1. The lowest BCUT2D eigenvalue weighted by Gasteiger charge is -2.39. The van der Waals surface area contributed by atoms with Crippen molar-refractivity contribution in [3.63, 3.8) is 0 Å². The Kier molecular flexibility index (Phi) is 4.93. The Labute approximate surface area is 160 Å². The van der Waals surface area contributed by atoms with Gasteiger partial charge in [-0.15, -0.1) is 0 Å². The summed E-state index contributed by atoms with van der Waals surface area (Å²) in [4.78, 5) is 32.8. The molecule has 1 N–H and O–H groups in total. The zero-order valence-electron chi connectivity index (χ0n) is 16.1. The van der Waals surface area contributed by atoms with E-state index in [0.717, 1.165) is 57.4 Å². The van der Waals surface area contributed by atoms with E-state index in [1.807, 2.05) is 17.2 Å². The van der Waals surface area contributed by atoms with Gasteiger partial charge in [0, 0.05) is 38.3 Å². The average Bonchev–Trinajstić information content (AvgIpc) is 3.46. The van der Waals surface area contributed by atoms with Gasteiger partial charge in [0.1, 0.15) is 6.04 Å². The quantitative estimate of drug-likeness (QED) is 0.860. The third-order valence-corrected chi connectivity index (χ3v) is 6.61. The van der Waals surface area contributed by atoms with E-state index in [9.17, 15) is 14.7 Å². The van der Waals surface area contributed by atoms with E-state index < -0.39 is 12.0 Å². The molecule has 2 aliphatic heterocycles. The van der Waals surface area contributed by atoms with E-state index in [-0.39, 0.29) is 11.3 Å². The summed E-state index contributed by atoms with van der Waals surface area (Å²) in [6, 6.07) is 3.63. The summed E-state index contributed by atoms with van der Waals surface area (Å²) < 4.78 is 0. The van der Waals surface area contributed by atoms with Crippen LogP contribution in [-0.2, 0) is 22.6 Å². The molecule has 1 amide bonds. The zero-order chi connectivity index (χ0) is 19.0. The van der Waals surface area contributed by atoms with Gasteiger partial charge in [0.25, 0.3) is 0 Å². The van der Waals surface area contributed by atoms with Gasteiger partial charge in [-0.05, 0) is 55.6 Å². The van der Waals surface area contributed by atoms with Gasteiger partial charge in [0.15, 0.2) is 0 Å². The molecule has 1 saturated carbocycles. The number of likely N-dealkylation sites (tertiary alicyclic amines) is 2. The Balaban J connectivity index is 1.42. The van der Waals surface area contributed by atoms with Crippen molar-refractivity contribution in [3.05, 3.63) is 29.6 Å². The summed E-state index contributed by atoms with van der Waals surface area (Å²) >= 11 is 0. The smallest absolute Gasteiger partial charge is 0.320 e. The number of rotatable bonds is 5. The molecule has 0 unspecified atom stereocenters. The maximum Gasteiger partial charge on any atom is 0.320 e. The summed E-state index contributed by atoms with van der Waals surface area (Å²) in [5.74, 6) is -0.161. The molecule has 1 atom stereocenters. The number of aromatic nitrogens is 1. The molecule has 1 aromatic heterocycles. The molecule has 146 valence electrons. The normalized spacial score (nSPS) is 25.1. The van der Waals surface area contributed by atoms with Gasteiger partial charge in [0.05, 0.1) is 5.69 Å². The van der Waals surface area contributed by atoms with Gasteiger partial charge in [-0.2, -0.15) is 0 Å². The molecule has 3 fully saturated rings. The average molecular weight is 371 g/mol. The highest BCUT2D eigenvalue weighted by Gasteiger charge is 2.49. The van der Waals surface area contributed by atoms with Crippen LogP contribution in [0.5, 0.6) is 0 Å². The van der Waals surface area contributed by atoms with Crippen LogP contribution in [0.3, 0.4) is 0 Å². The van der Waals surface area contributed by atoms with Crippen LogP contribution < -0.4 is 0 Å². The standard InChI is InChI=1S/C21H29N3O3/c1-2-15-3-6-17(22-12-15)13-24-14-21(11-18(24)20(26)27)7-9-23(10-8-21)19(25)16-4-5-16/h3,6,12,16,18H,2,4-5,7-11,13-14H2,1H3,(H,26,27)/t18-/m1/s1. The van der Waals surface area contributed by atoms with Crippen LogP contribution in [0.2, 0.25) is 0 Å². The first-order valence-electron chi connectivity index (χ1n) is 10.2. The zero-order valence-corrected chi connectivity index (χ0v) is 16.1. The number of carbonyl (C=O) groups is 2. The summed E-state index contributed by atoms with van der Waals surface area (Å²) in [6.45, 7) is 5.01. The number of hydrogen-bond acceptors (Lipinski definition) is 4. The third-order valence-electron chi connectivity index (χ3n) is 6.61. The number of carboxylic acid groups (broad SMARTS) is 1. The van der Waals surface area contributed by atoms with Gasteiger partial charge >= 0.3 is 5.97 Å². The van der Waals surface area contributed by atoms with Crippen LogP contribution in [0.4, 0.5) is 0 Å². The molecule has 1 aromatic rings. The monoisotopic (exact) mass is 371 g/mol. The molecular weight excluding hydrogens is 342 g/mol. The van der Waals surface area contributed by atoms with Crippen molar-refractivity contribution in [2.45, 2.75) is 58.0 Å². The Morgan fingerprint density at radius 2 is 2.00 bits per heavy atom. The molecule has 0 radical (unpaired) electrons. The third kappa shape index (κ3) is 3.86. The first kappa shape index (κ1) is 18.4. The molecule has 6 heteroatoms. The van der Waals surface area contributed by atoms with Gasteiger partial charge in [-0.25, -0.2) is 0 Å². The van der Waals surface area contributed by atoms with Crippen LogP contribution in [-0.4, -0.2) is 57.4 Å². The number of hydrogen-bond donors (Lipinski definition) is 1. The van der Waals surface area contributed by atoms with Gasteiger partial charge in [0.2, 0.25) is 5.91 Å². The van der Waals surface area contributed by atoms with Crippen LogP contribution in [0.15, 0.2) is 18.3 Å². The molecule has 4 rings (SSSR count). The van der Waals surface area contributed by atoms with Crippen LogP contribution in [0.25, 0.3) is 0 Å².